The number of hydrogen-bond donors (Lipinski definition) is 0. The van der Waals surface area contributed by atoms with E-state index in [1.54, 1.807) is 55.8 Å². The first-order chi connectivity index (χ1) is 17.0. The highest BCUT2D eigenvalue weighted by Gasteiger charge is 1.77. The minimum Gasteiger partial charge on any atom is -0.264 e. The monoisotopic (exact) mass is 469 g/mol. The molecule has 0 aliphatic carbocycles. The maximum absolute atomic E-state index is 3.92. The van der Waals surface area contributed by atoms with Crippen LogP contribution in [0.4, 0.5) is 0 Å². The predicted molar refractivity (Wildman–Crippen MR) is 136 cm³/mol. The quantitative estimate of drug-likeness (QED) is 0.322. The molecule has 0 saturated carbocycles. The summed E-state index contributed by atoms with van der Waals surface area (Å²) in [7, 11) is 0. The average Bonchev–Trinajstić information content (AvgIpc) is 2.88. The van der Waals surface area contributed by atoms with Crippen molar-refractivity contribution in [3.63, 3.8) is 0 Å². The molecule has 0 fully saturated rings. The molecule has 0 aliphatic heterocycles. The van der Waals surface area contributed by atoms with Crippen molar-refractivity contribution in [3.8, 4) is 0 Å². The summed E-state index contributed by atoms with van der Waals surface area (Å²) in [6.45, 7) is 9.78. The van der Waals surface area contributed by atoms with Gasteiger partial charge in [-0.25, -0.2) is 9.97 Å². The van der Waals surface area contributed by atoms with Crippen molar-refractivity contribution in [2.24, 2.45) is 0 Å². The Kier molecular flexibility index (Phi) is 15.5. The van der Waals surface area contributed by atoms with Gasteiger partial charge in [0.25, 0.3) is 0 Å². The Morgan fingerprint density at radius 2 is 1.14 bits per heavy atom. The van der Waals surface area contributed by atoms with Crippen molar-refractivity contribution in [1.82, 2.24) is 45.3 Å². The lowest BCUT2D eigenvalue weighted by atomic mass is 10.3. The second-order valence-corrected chi connectivity index (χ2v) is 7.08. The Bertz CT molecular complexity index is 896. The third kappa shape index (κ3) is 17.7. The van der Waals surface area contributed by atoms with Gasteiger partial charge in [-0.05, 0) is 75.6 Å². The Morgan fingerprint density at radius 3 is 1.43 bits per heavy atom. The summed E-state index contributed by atoms with van der Waals surface area (Å²) in [5, 5.41) is 14.6. The fourth-order valence-corrected chi connectivity index (χ4v) is 1.93. The smallest absolute Gasteiger partial charge is 0.115 e. The van der Waals surface area contributed by atoms with Crippen LogP contribution in [0.15, 0.2) is 98.6 Å². The molecular weight excluding hydrogens is 438 g/mol. The van der Waals surface area contributed by atoms with Crippen LogP contribution in [0.2, 0.25) is 0 Å². The van der Waals surface area contributed by atoms with Crippen LogP contribution < -0.4 is 0 Å². The zero-order chi connectivity index (χ0) is 25.6. The van der Waals surface area contributed by atoms with E-state index in [0.29, 0.717) is 0 Å². The molecule has 0 N–H and O–H groups in total. The van der Waals surface area contributed by atoms with Crippen molar-refractivity contribution < 1.29 is 0 Å². The topological polar surface area (TPSA) is 116 Å². The molecular formula is C26H31N9. The molecule has 35 heavy (non-hydrogen) atoms. The molecule has 9 nitrogen and oxygen atoms in total. The number of nitrogens with zero attached hydrogens (tertiary/aromatic N) is 9. The Hall–Kier alpha value is -4.53. The largest absolute Gasteiger partial charge is 0.264 e. The van der Waals surface area contributed by atoms with Crippen molar-refractivity contribution in [3.05, 3.63) is 127 Å². The van der Waals surface area contributed by atoms with Crippen molar-refractivity contribution in [1.29, 1.82) is 0 Å². The van der Waals surface area contributed by atoms with Gasteiger partial charge in [0.15, 0.2) is 0 Å². The number of aryl methyl sites for hydroxylation is 5. The Labute approximate surface area is 206 Å². The Balaban J connectivity index is 0.000000219. The van der Waals surface area contributed by atoms with Gasteiger partial charge in [0.05, 0.1) is 17.6 Å². The van der Waals surface area contributed by atoms with Crippen LogP contribution in [0.5, 0.6) is 0 Å². The highest BCUT2D eigenvalue weighted by atomic mass is 15.1. The van der Waals surface area contributed by atoms with Gasteiger partial charge in [-0.1, -0.05) is 6.07 Å². The molecule has 0 amide bonds. The molecule has 5 aromatic rings. The van der Waals surface area contributed by atoms with E-state index in [2.05, 4.69) is 45.3 Å². The first kappa shape index (κ1) is 28.5. The lowest BCUT2D eigenvalue weighted by Gasteiger charge is -1.82. The zero-order valence-electron chi connectivity index (χ0n) is 20.8. The fourth-order valence-electron chi connectivity index (χ4n) is 1.93. The highest BCUT2D eigenvalue weighted by molar-refractivity contribution is 5.04. The SMILES string of the molecule is Cc1cccnc1.Cc1cccnn1.Cc1ccnnc1.Cc1cnccn1.Cc1cncnc1. The Morgan fingerprint density at radius 1 is 0.457 bits per heavy atom. The molecule has 180 valence electrons. The van der Waals surface area contributed by atoms with Gasteiger partial charge in [-0.2, -0.15) is 20.4 Å². The maximum Gasteiger partial charge on any atom is 0.115 e. The van der Waals surface area contributed by atoms with E-state index in [1.165, 1.54) is 11.9 Å². The molecule has 0 unspecified atom stereocenters. The van der Waals surface area contributed by atoms with E-state index in [9.17, 15) is 0 Å². The summed E-state index contributed by atoms with van der Waals surface area (Å²) >= 11 is 0. The van der Waals surface area contributed by atoms with E-state index in [-0.39, 0.29) is 0 Å². The third-order valence-electron chi connectivity index (χ3n) is 3.63. The molecule has 9 heteroatoms. The van der Waals surface area contributed by atoms with E-state index in [0.717, 1.165) is 22.5 Å². The number of aromatic nitrogens is 9. The van der Waals surface area contributed by atoms with Crippen LogP contribution in [-0.4, -0.2) is 45.3 Å². The number of hydrogen-bond acceptors (Lipinski definition) is 9. The normalized spacial score (nSPS) is 8.71. The van der Waals surface area contributed by atoms with E-state index in [4.69, 9.17) is 0 Å². The first-order valence-electron chi connectivity index (χ1n) is 10.8. The summed E-state index contributed by atoms with van der Waals surface area (Å²) in [6.07, 6.45) is 18.8. The molecule has 0 atom stereocenters. The fraction of sp³-hybridized carbons (Fsp3) is 0.192. The van der Waals surface area contributed by atoms with Gasteiger partial charge >= 0.3 is 0 Å². The third-order valence-corrected chi connectivity index (χ3v) is 3.63. The van der Waals surface area contributed by atoms with Crippen LogP contribution >= 0.6 is 0 Å². The second kappa shape index (κ2) is 19.0. The molecule has 0 saturated heterocycles. The van der Waals surface area contributed by atoms with Crippen molar-refractivity contribution in [2.45, 2.75) is 34.6 Å². The molecule has 0 aliphatic rings. The van der Waals surface area contributed by atoms with Gasteiger partial charge in [0.2, 0.25) is 0 Å². The van der Waals surface area contributed by atoms with Gasteiger partial charge in [-0.15, -0.1) is 0 Å². The zero-order valence-corrected chi connectivity index (χ0v) is 20.8. The van der Waals surface area contributed by atoms with Crippen LogP contribution in [0.3, 0.4) is 0 Å². The minimum atomic E-state index is 0.961. The molecule has 5 rings (SSSR count). The van der Waals surface area contributed by atoms with Crippen LogP contribution in [0, 0.1) is 34.6 Å². The standard InChI is InChI=1S/C6H7N.4C5H6N2/c1-6-3-2-4-7-5-6;1-5-2-6-4-7-3-5;1-5-4-6-2-3-7-5;1-5-2-3-6-7-4-5;1-5-3-2-4-6-7-5/h2-5H,1H3;4*2-4H,1H3. The summed E-state index contributed by atoms with van der Waals surface area (Å²) in [5.74, 6) is 0. The van der Waals surface area contributed by atoms with Crippen molar-refractivity contribution in [2.75, 3.05) is 0 Å². The van der Waals surface area contributed by atoms with Gasteiger partial charge in [-0.3, -0.25) is 15.0 Å². The molecule has 0 aromatic carbocycles. The first-order valence-corrected chi connectivity index (χ1v) is 10.8. The predicted octanol–water partition coefficient (Wildman–Crippen LogP) is 4.53. The summed E-state index contributed by atoms with van der Waals surface area (Å²) < 4.78 is 0. The average molecular weight is 470 g/mol. The van der Waals surface area contributed by atoms with Crippen LogP contribution in [0.25, 0.3) is 0 Å². The highest BCUT2D eigenvalue weighted by Crippen LogP contribution is 1.88. The molecule has 5 aromatic heterocycles. The number of rotatable bonds is 0. The second-order valence-electron chi connectivity index (χ2n) is 7.08. The molecule has 0 radical (unpaired) electrons. The summed E-state index contributed by atoms with van der Waals surface area (Å²) in [6, 6.07) is 9.63. The molecule has 5 heterocycles. The van der Waals surface area contributed by atoms with Crippen molar-refractivity contribution >= 4 is 0 Å². The minimum absolute atomic E-state index is 0.961. The van der Waals surface area contributed by atoms with E-state index in [1.807, 2.05) is 71.1 Å². The summed E-state index contributed by atoms with van der Waals surface area (Å²) in [4.78, 5) is 19.2. The van der Waals surface area contributed by atoms with Crippen LogP contribution in [0.1, 0.15) is 28.1 Å². The lowest BCUT2D eigenvalue weighted by Crippen LogP contribution is -1.79. The number of pyridine rings is 1. The molecule has 0 bridgehead atoms. The van der Waals surface area contributed by atoms with Crippen LogP contribution in [-0.2, 0) is 0 Å². The van der Waals surface area contributed by atoms with Gasteiger partial charge < -0.3 is 0 Å². The lowest BCUT2D eigenvalue weighted by molar-refractivity contribution is 0.980. The van der Waals surface area contributed by atoms with Gasteiger partial charge in [0, 0.05) is 55.8 Å². The van der Waals surface area contributed by atoms with Gasteiger partial charge in [0.1, 0.15) is 6.33 Å². The van der Waals surface area contributed by atoms with E-state index >= 15 is 0 Å². The molecule has 0 spiro atoms. The summed E-state index contributed by atoms with van der Waals surface area (Å²) in [5.41, 5.74) is 5.38. The van der Waals surface area contributed by atoms with E-state index < -0.39 is 0 Å². The maximum atomic E-state index is 3.92.